The van der Waals surface area contributed by atoms with E-state index in [1.54, 1.807) is 0 Å². The van der Waals surface area contributed by atoms with Crippen molar-refractivity contribution in [2.24, 2.45) is 0 Å². The van der Waals surface area contributed by atoms with Crippen LogP contribution in [0.4, 0.5) is 0 Å². The third-order valence-electron chi connectivity index (χ3n) is 5.04. The smallest absolute Gasteiger partial charge is 0.225 e. The van der Waals surface area contributed by atoms with Gasteiger partial charge in [0, 0.05) is 5.02 Å². The highest BCUT2D eigenvalue weighted by atomic mass is 35.5. The van der Waals surface area contributed by atoms with Crippen molar-refractivity contribution in [3.63, 3.8) is 0 Å². The second-order valence-corrected chi connectivity index (χ2v) is 7.49. The number of nitrogens with one attached hydrogen (secondary N) is 2. The molecule has 0 radical (unpaired) electrons. The Labute approximate surface area is 168 Å². The maximum atomic E-state index is 12.6. The summed E-state index contributed by atoms with van der Waals surface area (Å²) in [7, 11) is 0. The zero-order valence-corrected chi connectivity index (χ0v) is 16.1. The predicted octanol–water partition coefficient (Wildman–Crippen LogP) is 3.78. The molecule has 0 atom stereocenters. The number of carbonyl (C=O) groups excluding carboxylic acids is 1. The van der Waals surface area contributed by atoms with Gasteiger partial charge in [-0.3, -0.25) is 9.89 Å². The summed E-state index contributed by atoms with van der Waals surface area (Å²) in [6.45, 7) is 0.446. The van der Waals surface area contributed by atoms with E-state index in [-0.39, 0.29) is 12.3 Å². The Morgan fingerprint density at radius 1 is 1.18 bits per heavy atom. The Hall–Kier alpha value is -2.86. The van der Waals surface area contributed by atoms with Gasteiger partial charge in [0.2, 0.25) is 5.91 Å². The van der Waals surface area contributed by atoms with Gasteiger partial charge in [0.05, 0.1) is 12.0 Å². The fourth-order valence-corrected chi connectivity index (χ4v) is 3.50. The van der Waals surface area contributed by atoms with E-state index in [9.17, 15) is 4.79 Å². The Morgan fingerprint density at radius 2 is 2.00 bits per heavy atom. The maximum absolute atomic E-state index is 12.6. The van der Waals surface area contributed by atoms with Gasteiger partial charge >= 0.3 is 0 Å². The van der Waals surface area contributed by atoms with Crippen LogP contribution in [0.25, 0.3) is 0 Å². The molecule has 2 N–H and O–H groups in total. The van der Waals surface area contributed by atoms with Crippen LogP contribution >= 0.6 is 11.6 Å². The molecule has 2 aromatic carbocycles. The minimum atomic E-state index is -0.406. The maximum Gasteiger partial charge on any atom is 0.225 e. The molecule has 1 aliphatic carbocycles. The van der Waals surface area contributed by atoms with Gasteiger partial charge < -0.3 is 10.1 Å². The largest absolute Gasteiger partial charge is 0.489 e. The average molecular weight is 397 g/mol. The van der Waals surface area contributed by atoms with Crippen LogP contribution in [-0.2, 0) is 23.4 Å². The van der Waals surface area contributed by atoms with Crippen molar-refractivity contribution < 1.29 is 9.53 Å². The Kier molecular flexibility index (Phi) is 5.30. The van der Waals surface area contributed by atoms with E-state index in [1.165, 1.54) is 6.33 Å². The highest BCUT2D eigenvalue weighted by Gasteiger charge is 2.42. The summed E-state index contributed by atoms with van der Waals surface area (Å²) in [5.41, 5.74) is 1.53. The Bertz CT molecular complexity index is 937. The molecule has 144 valence electrons. The van der Waals surface area contributed by atoms with Crippen molar-refractivity contribution >= 4 is 17.5 Å². The summed E-state index contributed by atoms with van der Waals surface area (Å²) < 4.78 is 5.85. The van der Waals surface area contributed by atoms with Crippen molar-refractivity contribution in [2.45, 2.75) is 37.8 Å². The van der Waals surface area contributed by atoms with Gasteiger partial charge in [0.1, 0.15) is 24.5 Å². The minimum Gasteiger partial charge on any atom is -0.489 e. The average Bonchev–Trinajstić information content (AvgIpc) is 3.19. The molecular formula is C21H21ClN4O2. The number of hydrogen-bond acceptors (Lipinski definition) is 4. The lowest BCUT2D eigenvalue weighted by molar-refractivity contribution is -0.123. The first kappa shape index (κ1) is 18.5. The van der Waals surface area contributed by atoms with E-state index in [0.29, 0.717) is 11.6 Å². The van der Waals surface area contributed by atoms with Gasteiger partial charge in [-0.25, -0.2) is 4.98 Å². The van der Waals surface area contributed by atoms with Gasteiger partial charge in [-0.15, -0.1) is 0 Å². The molecule has 0 aliphatic heterocycles. The first-order chi connectivity index (χ1) is 13.6. The monoisotopic (exact) mass is 396 g/mol. The third-order valence-corrected chi connectivity index (χ3v) is 5.29. The van der Waals surface area contributed by atoms with Crippen LogP contribution in [-0.4, -0.2) is 21.1 Å². The third kappa shape index (κ3) is 4.17. The quantitative estimate of drug-likeness (QED) is 0.637. The zero-order chi connectivity index (χ0) is 19.4. The van der Waals surface area contributed by atoms with Crippen molar-refractivity contribution in [1.29, 1.82) is 0 Å². The molecule has 1 saturated carbocycles. The van der Waals surface area contributed by atoms with Gasteiger partial charge in [0.15, 0.2) is 0 Å². The minimum absolute atomic E-state index is 0.0362. The van der Waals surface area contributed by atoms with E-state index in [2.05, 4.69) is 20.5 Å². The normalized spacial score (nSPS) is 14.9. The van der Waals surface area contributed by atoms with Crippen molar-refractivity contribution in [1.82, 2.24) is 20.5 Å². The molecule has 1 fully saturated rings. The van der Waals surface area contributed by atoms with Gasteiger partial charge in [0.25, 0.3) is 0 Å². The summed E-state index contributed by atoms with van der Waals surface area (Å²) >= 11 is 5.90. The summed E-state index contributed by atoms with van der Waals surface area (Å²) in [4.78, 5) is 16.8. The molecule has 4 rings (SSSR count). The van der Waals surface area contributed by atoms with E-state index in [0.717, 1.165) is 42.0 Å². The predicted molar refractivity (Wildman–Crippen MR) is 106 cm³/mol. The molecular weight excluding hydrogens is 376 g/mol. The molecule has 0 saturated heterocycles. The SMILES string of the molecule is O=C(Cc1cccc(OCc2ccc(Cl)cc2)c1)NC1(c2ncn[nH]2)CCC1. The molecule has 0 unspecified atom stereocenters. The fraction of sp³-hybridized carbons (Fsp3) is 0.286. The van der Waals surface area contributed by atoms with Crippen LogP contribution in [0.1, 0.15) is 36.2 Å². The number of halogens is 1. The highest BCUT2D eigenvalue weighted by Crippen LogP contribution is 2.39. The summed E-state index contributed by atoms with van der Waals surface area (Å²) in [5.74, 6) is 1.42. The lowest BCUT2D eigenvalue weighted by Crippen LogP contribution is -2.52. The van der Waals surface area contributed by atoms with Crippen LogP contribution < -0.4 is 10.1 Å². The molecule has 28 heavy (non-hydrogen) atoms. The standard InChI is InChI=1S/C21H21ClN4O2/c22-17-7-5-15(6-8-17)13-28-18-4-1-3-16(11-18)12-19(27)25-21(9-2-10-21)20-23-14-24-26-20/h1,3-8,11,14H,2,9-10,12-13H2,(H,25,27)(H,23,24,26). The number of ether oxygens (including phenoxy) is 1. The first-order valence-electron chi connectivity index (χ1n) is 9.26. The van der Waals surface area contributed by atoms with Crippen molar-refractivity contribution in [3.05, 3.63) is 76.8 Å². The molecule has 1 heterocycles. The molecule has 0 bridgehead atoms. The van der Waals surface area contributed by atoms with E-state index >= 15 is 0 Å². The van der Waals surface area contributed by atoms with Crippen LogP contribution in [0, 0.1) is 0 Å². The van der Waals surface area contributed by atoms with E-state index < -0.39 is 5.54 Å². The van der Waals surface area contributed by atoms with Crippen LogP contribution in [0.2, 0.25) is 5.02 Å². The highest BCUT2D eigenvalue weighted by molar-refractivity contribution is 6.30. The topological polar surface area (TPSA) is 79.9 Å². The lowest BCUT2D eigenvalue weighted by atomic mass is 9.76. The number of carbonyl (C=O) groups is 1. The van der Waals surface area contributed by atoms with Crippen molar-refractivity contribution in [2.75, 3.05) is 0 Å². The van der Waals surface area contributed by atoms with E-state index in [1.807, 2.05) is 48.5 Å². The van der Waals surface area contributed by atoms with Crippen molar-refractivity contribution in [3.8, 4) is 5.75 Å². The Balaban J connectivity index is 1.36. The molecule has 1 aliphatic rings. The van der Waals surface area contributed by atoms with Gasteiger partial charge in [-0.2, -0.15) is 5.10 Å². The number of aromatic amines is 1. The molecule has 1 aromatic heterocycles. The van der Waals surface area contributed by atoms with Crippen LogP contribution in [0.3, 0.4) is 0 Å². The number of H-pyrrole nitrogens is 1. The number of hydrogen-bond donors (Lipinski definition) is 2. The summed E-state index contributed by atoms with van der Waals surface area (Å²) in [5, 5.41) is 10.6. The second kappa shape index (κ2) is 8.02. The molecule has 7 heteroatoms. The number of aromatic nitrogens is 3. The summed E-state index contributed by atoms with van der Waals surface area (Å²) in [6, 6.07) is 15.2. The summed E-state index contributed by atoms with van der Waals surface area (Å²) in [6.07, 6.45) is 4.57. The Morgan fingerprint density at radius 3 is 2.68 bits per heavy atom. The van der Waals surface area contributed by atoms with E-state index in [4.69, 9.17) is 16.3 Å². The van der Waals surface area contributed by atoms with Crippen LogP contribution in [0.5, 0.6) is 5.75 Å². The number of amides is 1. The molecule has 6 nitrogen and oxygen atoms in total. The second-order valence-electron chi connectivity index (χ2n) is 7.06. The number of rotatable bonds is 7. The van der Waals surface area contributed by atoms with Crippen LogP contribution in [0.15, 0.2) is 54.9 Å². The fourth-order valence-electron chi connectivity index (χ4n) is 3.38. The van der Waals surface area contributed by atoms with Gasteiger partial charge in [-0.05, 0) is 54.7 Å². The van der Waals surface area contributed by atoms with Gasteiger partial charge in [-0.1, -0.05) is 35.9 Å². The molecule has 0 spiro atoms. The lowest BCUT2D eigenvalue weighted by Gasteiger charge is -2.40. The molecule has 3 aromatic rings. The zero-order valence-electron chi connectivity index (χ0n) is 15.3. The molecule has 1 amide bonds. The first-order valence-corrected chi connectivity index (χ1v) is 9.64. The number of benzene rings is 2. The number of nitrogens with zero attached hydrogens (tertiary/aromatic N) is 2.